The molecule has 0 aliphatic carbocycles. The zero-order valence-electron chi connectivity index (χ0n) is 20.0. The molecule has 0 bridgehead atoms. The fraction of sp³-hybridized carbons (Fsp3) is 0.600. The molecule has 0 spiro atoms. The van der Waals surface area contributed by atoms with E-state index in [1.165, 1.54) is 12.3 Å². The minimum atomic E-state index is -0.434. The Morgan fingerprint density at radius 1 is 0.818 bits per heavy atom. The van der Waals surface area contributed by atoms with E-state index in [2.05, 4.69) is 13.8 Å². The molecule has 2 heterocycles. The van der Waals surface area contributed by atoms with Gasteiger partial charge in [-0.3, -0.25) is 9.59 Å². The summed E-state index contributed by atoms with van der Waals surface area (Å²) in [5, 5.41) is 18.8. The van der Waals surface area contributed by atoms with E-state index in [0.29, 0.717) is 50.6 Å². The van der Waals surface area contributed by atoms with Crippen LogP contribution >= 0.6 is 0 Å². The van der Waals surface area contributed by atoms with Crippen LogP contribution < -0.4 is 10.9 Å². The third kappa shape index (κ3) is 9.43. The third-order valence-corrected chi connectivity index (χ3v) is 5.53. The molecule has 8 nitrogen and oxygen atoms in total. The van der Waals surface area contributed by atoms with Crippen LogP contribution in [-0.4, -0.2) is 36.6 Å². The Hall–Kier alpha value is -2.58. The standard InChI is InChI=1S/C25H36O8/c1-24(2,13-18-15-32-16-22(28)23(18)29)6-10-30-8-5-9-31-11-7-25(3,4)14-19-12-20(26)21(27)17-33-19/h12,15-17,27-28H,5-11,13-14H2,1-4H3. The summed E-state index contributed by atoms with van der Waals surface area (Å²) in [4.78, 5) is 23.5. The molecule has 0 radical (unpaired) electrons. The number of ether oxygens (including phenoxy) is 2. The lowest BCUT2D eigenvalue weighted by Crippen LogP contribution is -2.22. The molecule has 0 saturated carbocycles. The summed E-state index contributed by atoms with van der Waals surface area (Å²) in [6, 6.07) is 1.33. The molecule has 2 rings (SSSR count). The molecule has 8 heteroatoms. The van der Waals surface area contributed by atoms with Crippen molar-refractivity contribution >= 4 is 0 Å². The van der Waals surface area contributed by atoms with E-state index in [1.807, 2.05) is 13.8 Å². The summed E-state index contributed by atoms with van der Waals surface area (Å²) in [7, 11) is 0. The van der Waals surface area contributed by atoms with Crippen LogP contribution in [0.25, 0.3) is 0 Å². The van der Waals surface area contributed by atoms with Gasteiger partial charge in [0.2, 0.25) is 10.9 Å². The van der Waals surface area contributed by atoms with Crippen LogP contribution in [0, 0.1) is 10.8 Å². The van der Waals surface area contributed by atoms with E-state index >= 15 is 0 Å². The largest absolute Gasteiger partial charge is 0.502 e. The van der Waals surface area contributed by atoms with Crippen LogP contribution in [0.1, 0.15) is 58.3 Å². The smallest absolute Gasteiger partial charge is 0.229 e. The normalized spacial score (nSPS) is 12.2. The van der Waals surface area contributed by atoms with Crippen LogP contribution in [0.3, 0.4) is 0 Å². The summed E-state index contributed by atoms with van der Waals surface area (Å²) in [5.41, 5.74) is -0.632. The van der Waals surface area contributed by atoms with Gasteiger partial charge in [-0.1, -0.05) is 27.7 Å². The fourth-order valence-corrected chi connectivity index (χ4v) is 3.44. The molecule has 0 aliphatic heterocycles. The van der Waals surface area contributed by atoms with Crippen molar-refractivity contribution in [1.29, 1.82) is 0 Å². The van der Waals surface area contributed by atoms with Crippen molar-refractivity contribution in [3.8, 4) is 11.5 Å². The van der Waals surface area contributed by atoms with Crippen LogP contribution in [0.2, 0.25) is 0 Å². The van der Waals surface area contributed by atoms with Gasteiger partial charge in [-0.2, -0.15) is 0 Å². The first-order chi connectivity index (χ1) is 15.5. The number of rotatable bonds is 14. The van der Waals surface area contributed by atoms with Crippen molar-refractivity contribution in [2.24, 2.45) is 10.8 Å². The van der Waals surface area contributed by atoms with E-state index < -0.39 is 5.43 Å². The summed E-state index contributed by atoms with van der Waals surface area (Å²) in [6.45, 7) is 10.6. The highest BCUT2D eigenvalue weighted by atomic mass is 16.5. The van der Waals surface area contributed by atoms with Crippen molar-refractivity contribution in [3.63, 3.8) is 0 Å². The lowest BCUT2D eigenvalue weighted by Gasteiger charge is -2.24. The summed E-state index contributed by atoms with van der Waals surface area (Å²) in [5.74, 6) is -0.200. The van der Waals surface area contributed by atoms with E-state index in [4.69, 9.17) is 18.3 Å². The van der Waals surface area contributed by atoms with E-state index in [1.54, 1.807) is 0 Å². The van der Waals surface area contributed by atoms with Crippen LogP contribution in [-0.2, 0) is 22.3 Å². The number of hydrogen-bond acceptors (Lipinski definition) is 8. The predicted molar refractivity (Wildman–Crippen MR) is 124 cm³/mol. The molecule has 0 fully saturated rings. The SMILES string of the molecule is CC(C)(CCOCCCOCCC(C)(C)Cc1cocc(O)c1=O)Cc1cc(=O)c(O)co1. The number of aromatic hydroxyl groups is 2. The first-order valence-corrected chi connectivity index (χ1v) is 11.2. The Balaban J connectivity index is 1.57. The number of hydrogen-bond donors (Lipinski definition) is 2. The van der Waals surface area contributed by atoms with Crippen LogP contribution in [0.15, 0.2) is 43.3 Å². The third-order valence-electron chi connectivity index (χ3n) is 5.53. The Kier molecular flexibility index (Phi) is 9.73. The summed E-state index contributed by atoms with van der Waals surface area (Å²) < 4.78 is 21.7. The molecule has 0 aliphatic rings. The quantitative estimate of drug-likeness (QED) is 0.402. The molecule has 0 saturated heterocycles. The highest BCUT2D eigenvalue weighted by Crippen LogP contribution is 2.26. The Morgan fingerprint density at radius 2 is 1.42 bits per heavy atom. The molecule has 2 aromatic rings. The fourth-order valence-electron chi connectivity index (χ4n) is 3.44. The van der Waals surface area contributed by atoms with Crippen molar-refractivity contribution in [1.82, 2.24) is 0 Å². The molecule has 0 amide bonds. The van der Waals surface area contributed by atoms with Gasteiger partial charge in [0.05, 0.1) is 6.26 Å². The van der Waals surface area contributed by atoms with Crippen molar-refractivity contribution < 1.29 is 28.5 Å². The molecule has 2 aromatic heterocycles. The van der Waals surface area contributed by atoms with Gasteiger partial charge in [0.15, 0.2) is 11.5 Å². The highest BCUT2D eigenvalue weighted by Gasteiger charge is 2.22. The second kappa shape index (κ2) is 12.0. The zero-order valence-corrected chi connectivity index (χ0v) is 20.0. The summed E-state index contributed by atoms with van der Waals surface area (Å²) >= 11 is 0. The average molecular weight is 465 g/mol. The van der Waals surface area contributed by atoms with Gasteiger partial charge in [0, 0.05) is 44.5 Å². The molecular weight excluding hydrogens is 428 g/mol. The van der Waals surface area contributed by atoms with Gasteiger partial charge in [-0.25, -0.2) is 0 Å². The van der Waals surface area contributed by atoms with Crippen LogP contribution in [0.4, 0.5) is 0 Å². The minimum Gasteiger partial charge on any atom is -0.502 e. The molecule has 33 heavy (non-hydrogen) atoms. The van der Waals surface area contributed by atoms with Crippen molar-refractivity contribution in [3.05, 3.63) is 56.6 Å². The second-order valence-corrected chi connectivity index (χ2v) is 9.97. The first kappa shape index (κ1) is 26.7. The Bertz CT molecular complexity index is 986. The lowest BCUT2D eigenvalue weighted by atomic mass is 9.83. The minimum absolute atomic E-state index is 0.109. The van der Waals surface area contributed by atoms with Gasteiger partial charge in [0.25, 0.3) is 0 Å². The van der Waals surface area contributed by atoms with Gasteiger partial charge in [-0.05, 0) is 36.5 Å². The molecule has 0 unspecified atom stereocenters. The predicted octanol–water partition coefficient (Wildman–Crippen LogP) is 4.05. The molecule has 184 valence electrons. The second-order valence-electron chi connectivity index (χ2n) is 9.97. The summed E-state index contributed by atoms with van der Waals surface area (Å²) in [6.07, 6.45) is 6.94. The maximum atomic E-state index is 11.9. The van der Waals surface area contributed by atoms with Gasteiger partial charge in [-0.15, -0.1) is 0 Å². The topological polar surface area (TPSA) is 119 Å². The molecule has 2 N–H and O–H groups in total. The molecule has 0 aromatic carbocycles. The molecular formula is C25H36O8. The Morgan fingerprint density at radius 3 is 2.03 bits per heavy atom. The zero-order chi connectivity index (χ0) is 24.5. The Labute approximate surface area is 194 Å². The van der Waals surface area contributed by atoms with Crippen LogP contribution in [0.5, 0.6) is 11.5 Å². The monoisotopic (exact) mass is 464 g/mol. The van der Waals surface area contributed by atoms with E-state index in [0.717, 1.165) is 31.8 Å². The van der Waals surface area contributed by atoms with E-state index in [9.17, 15) is 19.8 Å². The first-order valence-electron chi connectivity index (χ1n) is 11.2. The highest BCUT2D eigenvalue weighted by molar-refractivity contribution is 5.21. The van der Waals surface area contributed by atoms with Gasteiger partial charge < -0.3 is 28.5 Å². The van der Waals surface area contributed by atoms with Crippen molar-refractivity contribution in [2.75, 3.05) is 26.4 Å². The van der Waals surface area contributed by atoms with Gasteiger partial charge >= 0.3 is 0 Å². The lowest BCUT2D eigenvalue weighted by molar-refractivity contribution is 0.0603. The average Bonchev–Trinajstić information content (AvgIpc) is 2.72. The van der Waals surface area contributed by atoms with Crippen molar-refractivity contribution in [2.45, 2.75) is 59.8 Å². The maximum Gasteiger partial charge on any atom is 0.229 e. The van der Waals surface area contributed by atoms with E-state index in [-0.39, 0.29) is 27.8 Å². The van der Waals surface area contributed by atoms with Gasteiger partial charge in [0.1, 0.15) is 18.3 Å². The maximum absolute atomic E-state index is 11.9. The molecule has 0 atom stereocenters.